The number of aromatic carboxylic acids is 2. The number of benzene rings is 4. The molecule has 39 heavy (non-hydrogen) atoms. The normalized spacial score (nSPS) is 9.28. The average Bonchev–Trinajstić information content (AvgIpc) is 2.90. The van der Waals surface area contributed by atoms with Crippen LogP contribution < -0.4 is 28.9 Å². The van der Waals surface area contributed by atoms with Crippen LogP contribution in [0.5, 0.6) is 17.2 Å². The number of aliphatic carboxylic acids is 1. The predicted molar refractivity (Wildman–Crippen MR) is 134 cm³/mol. The summed E-state index contributed by atoms with van der Waals surface area (Å²) in [5, 5.41) is 29.5. The summed E-state index contributed by atoms with van der Waals surface area (Å²) in [6, 6.07) is 33.6. The van der Waals surface area contributed by atoms with Crippen molar-refractivity contribution in [2.24, 2.45) is 0 Å². The predicted octanol–water partition coefficient (Wildman–Crippen LogP) is 2.62. The van der Waals surface area contributed by atoms with Crippen molar-refractivity contribution in [1.29, 1.82) is 0 Å². The van der Waals surface area contributed by atoms with E-state index in [0.717, 1.165) is 19.1 Å². The molecule has 0 N–H and O–H groups in total. The van der Waals surface area contributed by atoms with E-state index in [1.165, 1.54) is 12.1 Å². The first-order valence-corrected chi connectivity index (χ1v) is 12.0. The summed E-state index contributed by atoms with van der Waals surface area (Å²) < 4.78 is 17.5. The number of hydrogen-bond acceptors (Lipinski definition) is 9. The van der Waals surface area contributed by atoms with Gasteiger partial charge in [-0.15, -0.1) is 0 Å². The summed E-state index contributed by atoms with van der Waals surface area (Å²) in [4.78, 5) is 29.5. The molecule has 0 spiro atoms. The Morgan fingerprint density at radius 2 is 0.744 bits per heavy atom. The molecular formula is C28H22O9PRh. The van der Waals surface area contributed by atoms with Gasteiger partial charge in [0.2, 0.25) is 0 Å². The van der Waals surface area contributed by atoms with E-state index in [9.17, 15) is 19.8 Å². The largest absolute Gasteiger partial charge is 3.00 e. The van der Waals surface area contributed by atoms with Crippen molar-refractivity contribution in [2.45, 2.75) is 6.92 Å². The summed E-state index contributed by atoms with van der Waals surface area (Å²) >= 11 is 0. The SMILES string of the molecule is CC(=O)[O-].O=C([O-])c1ccccc1C(=O)[O-].[Rh+3].c1ccc(OP(Oc2ccccc2)Oc2ccccc2)cc1. The second kappa shape index (κ2) is 18.1. The Hall–Kier alpha value is -4.26. The van der Waals surface area contributed by atoms with Gasteiger partial charge >= 0.3 is 28.1 Å². The third kappa shape index (κ3) is 13.2. The summed E-state index contributed by atoms with van der Waals surface area (Å²) in [5.41, 5.74) is -0.727. The van der Waals surface area contributed by atoms with Crippen molar-refractivity contribution in [3.8, 4) is 17.2 Å². The monoisotopic (exact) mass is 636 g/mol. The van der Waals surface area contributed by atoms with E-state index in [-0.39, 0.29) is 30.6 Å². The van der Waals surface area contributed by atoms with E-state index < -0.39 is 26.5 Å². The molecule has 9 nitrogen and oxygen atoms in total. The van der Waals surface area contributed by atoms with Gasteiger partial charge in [0.15, 0.2) is 0 Å². The molecule has 4 rings (SSSR count). The number of carbonyl (C=O) groups is 3. The van der Waals surface area contributed by atoms with Gasteiger partial charge < -0.3 is 43.3 Å². The standard InChI is InChI=1S/C18H15O3P.C8H6O4.C2H4O2.Rh/c1-4-10-16(11-5-1)19-22(20-17-12-6-2-7-13-17)21-18-14-8-3-9-15-18;9-7(10)5-3-1-2-4-6(5)8(11)12;1-2(3)4;/h1-15H;1-4H,(H,9,10)(H,11,12);1H3,(H,3,4);/q;;;+3/p-3. The molecule has 202 valence electrons. The van der Waals surface area contributed by atoms with Crippen LogP contribution in [0.25, 0.3) is 0 Å². The quantitative estimate of drug-likeness (QED) is 0.210. The first kappa shape index (κ1) is 32.8. The number of para-hydroxylation sites is 3. The van der Waals surface area contributed by atoms with Crippen molar-refractivity contribution < 1.29 is 62.8 Å². The van der Waals surface area contributed by atoms with Crippen LogP contribution in [0.15, 0.2) is 115 Å². The molecule has 4 aromatic rings. The molecule has 0 heterocycles. The van der Waals surface area contributed by atoms with Crippen LogP contribution in [-0.2, 0) is 24.3 Å². The van der Waals surface area contributed by atoms with Gasteiger partial charge in [-0.2, -0.15) is 0 Å². The topological polar surface area (TPSA) is 148 Å². The van der Waals surface area contributed by atoms with Gasteiger partial charge in [0, 0.05) is 17.1 Å². The van der Waals surface area contributed by atoms with Crippen LogP contribution in [0.4, 0.5) is 0 Å². The van der Waals surface area contributed by atoms with Gasteiger partial charge in [-0.05, 0) is 43.3 Å². The van der Waals surface area contributed by atoms with Gasteiger partial charge in [0.05, 0.1) is 11.9 Å². The molecule has 0 aliphatic rings. The van der Waals surface area contributed by atoms with Crippen LogP contribution in [0.3, 0.4) is 0 Å². The molecule has 0 aliphatic heterocycles. The van der Waals surface area contributed by atoms with Crippen molar-refractivity contribution in [3.05, 3.63) is 126 Å². The molecule has 0 bridgehead atoms. The van der Waals surface area contributed by atoms with Gasteiger partial charge in [0.25, 0.3) is 0 Å². The zero-order valence-electron chi connectivity index (χ0n) is 20.4. The molecule has 0 saturated heterocycles. The second-order valence-electron chi connectivity index (χ2n) is 7.05. The Morgan fingerprint density at radius 3 is 0.974 bits per heavy atom. The fourth-order valence-corrected chi connectivity index (χ4v) is 3.59. The molecule has 0 aliphatic carbocycles. The maximum Gasteiger partial charge on any atom is 3.00 e. The summed E-state index contributed by atoms with van der Waals surface area (Å²) in [5.74, 6) is -1.99. The number of carbonyl (C=O) groups excluding carboxylic acids is 3. The zero-order valence-corrected chi connectivity index (χ0v) is 23.0. The van der Waals surface area contributed by atoms with Crippen LogP contribution in [0, 0.1) is 0 Å². The van der Waals surface area contributed by atoms with E-state index in [2.05, 4.69) is 0 Å². The van der Waals surface area contributed by atoms with E-state index >= 15 is 0 Å². The van der Waals surface area contributed by atoms with E-state index in [4.69, 9.17) is 23.5 Å². The molecule has 0 unspecified atom stereocenters. The molecule has 0 atom stereocenters. The fourth-order valence-electron chi connectivity index (χ4n) is 2.60. The summed E-state index contributed by atoms with van der Waals surface area (Å²) in [7, 11) is -1.59. The maximum absolute atomic E-state index is 10.3. The smallest absolute Gasteiger partial charge is 0.550 e. The third-order valence-corrected chi connectivity index (χ3v) is 5.22. The summed E-state index contributed by atoms with van der Waals surface area (Å²) in [6.07, 6.45) is 0. The number of carboxylic acids is 3. The van der Waals surface area contributed by atoms with Gasteiger partial charge in [-0.3, -0.25) is 0 Å². The first-order valence-electron chi connectivity index (χ1n) is 10.9. The third-order valence-electron chi connectivity index (χ3n) is 4.14. The fraction of sp³-hybridized carbons (Fsp3) is 0.0357. The summed E-state index contributed by atoms with van der Waals surface area (Å²) in [6.45, 7) is 0.972. The van der Waals surface area contributed by atoms with Gasteiger partial charge in [-0.25, -0.2) is 0 Å². The molecule has 11 heteroatoms. The zero-order chi connectivity index (χ0) is 27.8. The molecule has 0 amide bonds. The molecule has 0 aromatic heterocycles. The number of rotatable bonds is 8. The Bertz CT molecular complexity index is 1150. The van der Waals surface area contributed by atoms with Gasteiger partial charge in [0.1, 0.15) is 17.2 Å². The Morgan fingerprint density at radius 1 is 0.513 bits per heavy atom. The number of hydrogen-bond donors (Lipinski definition) is 0. The maximum atomic E-state index is 10.3. The average molecular weight is 636 g/mol. The van der Waals surface area contributed by atoms with Crippen molar-refractivity contribution in [2.75, 3.05) is 0 Å². The molecular weight excluding hydrogens is 614 g/mol. The minimum Gasteiger partial charge on any atom is -0.550 e. The molecule has 4 aromatic carbocycles. The van der Waals surface area contributed by atoms with Crippen LogP contribution in [0.1, 0.15) is 27.6 Å². The minimum atomic E-state index is -1.59. The van der Waals surface area contributed by atoms with Crippen molar-refractivity contribution in [1.82, 2.24) is 0 Å². The molecule has 0 fully saturated rings. The van der Waals surface area contributed by atoms with E-state index in [0.29, 0.717) is 17.2 Å². The van der Waals surface area contributed by atoms with Crippen molar-refractivity contribution >= 4 is 26.5 Å². The van der Waals surface area contributed by atoms with E-state index in [1.807, 2.05) is 91.0 Å². The number of carboxylic acid groups (broad SMARTS) is 3. The van der Waals surface area contributed by atoms with Crippen molar-refractivity contribution in [3.63, 3.8) is 0 Å². The Kier molecular flexibility index (Phi) is 15.2. The van der Waals surface area contributed by atoms with Crippen LogP contribution in [0.2, 0.25) is 0 Å². The minimum absolute atomic E-state index is 0. The molecule has 0 saturated carbocycles. The van der Waals surface area contributed by atoms with Crippen LogP contribution in [-0.4, -0.2) is 17.9 Å². The van der Waals surface area contributed by atoms with Crippen LogP contribution >= 0.6 is 8.60 Å². The second-order valence-corrected chi connectivity index (χ2v) is 8.04. The Labute approximate surface area is 239 Å². The Balaban J connectivity index is 0.000000379. The van der Waals surface area contributed by atoms with E-state index in [1.54, 1.807) is 0 Å². The van der Waals surface area contributed by atoms with Gasteiger partial charge in [-0.1, -0.05) is 78.9 Å². The molecule has 0 radical (unpaired) electrons. The first-order chi connectivity index (χ1) is 18.3.